The first-order chi connectivity index (χ1) is 27.3. The molecule has 0 aliphatic heterocycles. The number of nitrogens with one attached hydrogen (secondary N) is 2. The maximum absolute atomic E-state index is 12.9. The third-order valence-corrected chi connectivity index (χ3v) is 11.4. The van der Waals surface area contributed by atoms with E-state index in [1.54, 1.807) is 0 Å². The van der Waals surface area contributed by atoms with Gasteiger partial charge in [0.15, 0.2) is 0 Å². The number of aryl methyl sites for hydroxylation is 2. The van der Waals surface area contributed by atoms with Gasteiger partial charge in [-0.25, -0.2) is 10.9 Å². The molecule has 0 bridgehead atoms. The minimum Gasteiger partial charge on any atom is -0.506 e. The number of hydrogen-bond acceptors (Lipinski definition) is 11. The highest BCUT2D eigenvalue weighted by Gasteiger charge is 2.17. The summed E-state index contributed by atoms with van der Waals surface area (Å²) in [6.07, 6.45) is 5.76. The standard InChI is InChI=1S/C40H44Br4N6O7/c1-25-11-3-5-13-31(25)49(23-33(51)47-45-21-27-19-29(41)39(55)35(43)37(27)53)15-7-9-17-57-18-10-8-16-50(32-14-6-4-12-26(32)2)24-34(52)48-46-22-28-20-30(42)40(56)36(44)38(28)54/h3-6,11-14,19-22,53-56H,7-10,15-18,23-24H2,1-2H3,(H,47,51)(H,48,52)/b45-21-,46-22-. The van der Waals surface area contributed by atoms with Gasteiger partial charge < -0.3 is 35.0 Å². The quantitative estimate of drug-likeness (QED) is 0.0288. The minimum atomic E-state index is -0.330. The van der Waals surface area contributed by atoms with E-state index in [2.05, 4.69) is 84.8 Å². The predicted octanol–water partition coefficient (Wildman–Crippen LogP) is 8.37. The Morgan fingerprint density at radius 3 is 1.40 bits per heavy atom. The van der Waals surface area contributed by atoms with Crippen LogP contribution in [0.4, 0.5) is 11.4 Å². The van der Waals surface area contributed by atoms with Crippen molar-refractivity contribution >= 4 is 99.3 Å². The maximum Gasteiger partial charge on any atom is 0.259 e. The summed E-state index contributed by atoms with van der Waals surface area (Å²) < 4.78 is 6.91. The summed E-state index contributed by atoms with van der Waals surface area (Å²) in [6, 6.07) is 18.7. The molecule has 0 radical (unpaired) electrons. The Morgan fingerprint density at radius 1 is 0.632 bits per heavy atom. The molecule has 4 rings (SSSR count). The number of benzene rings is 4. The first-order valence-corrected chi connectivity index (χ1v) is 21.1. The molecule has 0 spiro atoms. The number of phenols is 4. The van der Waals surface area contributed by atoms with E-state index in [0.717, 1.165) is 48.2 Å². The van der Waals surface area contributed by atoms with Gasteiger partial charge in [-0.3, -0.25) is 9.59 Å². The summed E-state index contributed by atoms with van der Waals surface area (Å²) in [5.74, 6) is -1.36. The molecule has 0 heterocycles. The van der Waals surface area contributed by atoms with Crippen LogP contribution in [0.5, 0.6) is 23.0 Å². The second-order valence-electron chi connectivity index (χ2n) is 12.9. The molecule has 0 aromatic heterocycles. The minimum absolute atomic E-state index is 0.0672. The molecule has 4 aromatic rings. The van der Waals surface area contributed by atoms with E-state index < -0.39 is 0 Å². The topological polar surface area (TPSA) is 180 Å². The molecule has 0 saturated heterocycles. The van der Waals surface area contributed by atoms with Gasteiger partial charge in [0.25, 0.3) is 11.8 Å². The third kappa shape index (κ3) is 13.5. The number of hydrazone groups is 2. The number of amides is 2. The molecular formula is C40H44Br4N6O7. The first-order valence-electron chi connectivity index (χ1n) is 17.9. The summed E-state index contributed by atoms with van der Waals surface area (Å²) in [7, 11) is 0. The fourth-order valence-electron chi connectivity index (χ4n) is 5.72. The van der Waals surface area contributed by atoms with E-state index in [9.17, 15) is 30.0 Å². The Hall–Kier alpha value is -4.16. The van der Waals surface area contributed by atoms with Crippen LogP contribution < -0.4 is 20.7 Å². The van der Waals surface area contributed by atoms with Crippen LogP contribution >= 0.6 is 63.7 Å². The number of rotatable bonds is 20. The van der Waals surface area contributed by atoms with Crippen molar-refractivity contribution < 1.29 is 34.8 Å². The van der Waals surface area contributed by atoms with Gasteiger partial charge in [-0.1, -0.05) is 36.4 Å². The highest BCUT2D eigenvalue weighted by atomic mass is 79.9. The number of carbonyl (C=O) groups excluding carboxylic acids is 2. The maximum atomic E-state index is 12.9. The number of anilines is 2. The van der Waals surface area contributed by atoms with Gasteiger partial charge >= 0.3 is 0 Å². The number of halogens is 4. The molecule has 2 amide bonds. The van der Waals surface area contributed by atoms with Crippen LogP contribution in [-0.4, -0.2) is 84.1 Å². The summed E-state index contributed by atoms with van der Waals surface area (Å²) in [5.41, 5.74) is 9.61. The second kappa shape index (κ2) is 22.7. The molecule has 13 nitrogen and oxygen atoms in total. The van der Waals surface area contributed by atoms with E-state index in [1.807, 2.05) is 72.2 Å². The van der Waals surface area contributed by atoms with Gasteiger partial charge in [-0.05, 0) is 139 Å². The van der Waals surface area contributed by atoms with E-state index in [1.165, 1.54) is 24.6 Å². The molecule has 0 aliphatic carbocycles. The van der Waals surface area contributed by atoms with Gasteiger partial charge in [0.1, 0.15) is 31.9 Å². The largest absolute Gasteiger partial charge is 0.506 e. The second-order valence-corrected chi connectivity index (χ2v) is 16.2. The van der Waals surface area contributed by atoms with E-state index >= 15 is 0 Å². The van der Waals surface area contributed by atoms with E-state index in [-0.39, 0.29) is 56.8 Å². The Bertz CT molecular complexity index is 1940. The zero-order chi connectivity index (χ0) is 41.5. The molecule has 304 valence electrons. The number of para-hydroxylation sites is 2. The van der Waals surface area contributed by atoms with Crippen LogP contribution in [0.2, 0.25) is 0 Å². The number of nitrogens with zero attached hydrogens (tertiary/aromatic N) is 4. The molecule has 0 saturated carbocycles. The summed E-state index contributed by atoms with van der Waals surface area (Å²) >= 11 is 12.7. The van der Waals surface area contributed by atoms with Crippen molar-refractivity contribution in [2.45, 2.75) is 39.5 Å². The zero-order valence-electron chi connectivity index (χ0n) is 31.3. The van der Waals surface area contributed by atoms with Gasteiger partial charge in [0, 0.05) is 48.8 Å². The van der Waals surface area contributed by atoms with Crippen molar-refractivity contribution in [1.29, 1.82) is 0 Å². The Morgan fingerprint density at radius 2 is 1.02 bits per heavy atom. The summed E-state index contributed by atoms with van der Waals surface area (Å²) in [5, 5.41) is 48.5. The van der Waals surface area contributed by atoms with Crippen molar-refractivity contribution in [1.82, 2.24) is 10.9 Å². The number of carbonyl (C=O) groups is 2. The first kappa shape index (κ1) is 45.5. The summed E-state index contributed by atoms with van der Waals surface area (Å²) in [4.78, 5) is 29.9. The van der Waals surface area contributed by atoms with E-state index in [0.29, 0.717) is 46.4 Å². The van der Waals surface area contributed by atoms with Gasteiger partial charge in [-0.15, -0.1) is 0 Å². The number of unbranched alkanes of at least 4 members (excludes halogenated alkanes) is 2. The van der Waals surface area contributed by atoms with Crippen molar-refractivity contribution in [3.05, 3.63) is 101 Å². The van der Waals surface area contributed by atoms with Crippen molar-refractivity contribution in [2.24, 2.45) is 10.2 Å². The van der Waals surface area contributed by atoms with Crippen LogP contribution in [-0.2, 0) is 14.3 Å². The average molecular weight is 1040 g/mol. The molecule has 4 aromatic carbocycles. The Balaban J connectivity index is 1.22. The van der Waals surface area contributed by atoms with Gasteiger partial charge in [0.05, 0.1) is 34.5 Å². The molecule has 57 heavy (non-hydrogen) atoms. The highest BCUT2D eigenvalue weighted by Crippen LogP contribution is 2.41. The van der Waals surface area contributed by atoms with Crippen molar-refractivity contribution in [3.63, 3.8) is 0 Å². The van der Waals surface area contributed by atoms with Crippen LogP contribution in [0.15, 0.2) is 88.8 Å². The van der Waals surface area contributed by atoms with E-state index in [4.69, 9.17) is 4.74 Å². The third-order valence-electron chi connectivity index (χ3n) is 8.70. The van der Waals surface area contributed by atoms with Crippen LogP contribution in [0.1, 0.15) is 47.9 Å². The summed E-state index contributed by atoms with van der Waals surface area (Å²) in [6.45, 7) is 6.48. The van der Waals surface area contributed by atoms with Crippen LogP contribution in [0, 0.1) is 13.8 Å². The lowest BCUT2D eigenvalue weighted by molar-refractivity contribution is -0.120. The lowest BCUT2D eigenvalue weighted by Gasteiger charge is -2.26. The molecule has 17 heteroatoms. The van der Waals surface area contributed by atoms with Gasteiger partial charge in [-0.2, -0.15) is 10.2 Å². The smallest absolute Gasteiger partial charge is 0.259 e. The van der Waals surface area contributed by atoms with Crippen LogP contribution in [0.25, 0.3) is 0 Å². The number of phenolic OH excluding ortho intramolecular Hbond substituents is 4. The Labute approximate surface area is 365 Å². The van der Waals surface area contributed by atoms with Crippen molar-refractivity contribution in [2.75, 3.05) is 49.2 Å². The number of hydrogen-bond donors (Lipinski definition) is 6. The number of aromatic hydroxyl groups is 4. The van der Waals surface area contributed by atoms with Crippen LogP contribution in [0.3, 0.4) is 0 Å². The molecular weight excluding hydrogens is 996 g/mol. The Kier molecular flexibility index (Phi) is 18.1. The molecule has 0 atom stereocenters. The molecule has 0 fully saturated rings. The zero-order valence-corrected chi connectivity index (χ0v) is 37.7. The predicted molar refractivity (Wildman–Crippen MR) is 238 cm³/mol. The highest BCUT2D eigenvalue weighted by molar-refractivity contribution is 9.11. The lowest BCUT2D eigenvalue weighted by atomic mass is 10.1. The molecule has 0 aliphatic rings. The fourth-order valence-corrected chi connectivity index (χ4v) is 8.02. The van der Waals surface area contributed by atoms with Gasteiger partial charge in [0.2, 0.25) is 0 Å². The normalized spacial score (nSPS) is 11.3. The SMILES string of the molecule is Cc1ccccc1N(CCCCOCCCCN(CC(=O)N/N=C\c1cc(Br)c(O)c(Br)c1O)c1ccccc1C)CC(=O)N/N=C\c1cc(Br)c(O)c(Br)c1O. The number of ether oxygens (including phenoxy) is 1. The average Bonchev–Trinajstić information content (AvgIpc) is 3.19. The fraction of sp³-hybridized carbons (Fsp3) is 0.300. The lowest BCUT2D eigenvalue weighted by Crippen LogP contribution is -2.36. The monoisotopic (exact) mass is 1040 g/mol. The molecule has 6 N–H and O–H groups in total. The van der Waals surface area contributed by atoms with Crippen molar-refractivity contribution in [3.8, 4) is 23.0 Å². The molecule has 0 unspecified atom stereocenters.